The van der Waals surface area contributed by atoms with Gasteiger partial charge in [0.05, 0.1) is 5.54 Å². The van der Waals surface area contributed by atoms with Crippen LogP contribution in [0.4, 0.5) is 5.69 Å². The van der Waals surface area contributed by atoms with E-state index in [0.29, 0.717) is 0 Å². The maximum atomic E-state index is 6.24. The van der Waals surface area contributed by atoms with Crippen molar-refractivity contribution in [3.05, 3.63) is 29.3 Å². The number of hydrogen-bond donors (Lipinski definition) is 1. The average Bonchev–Trinajstić information content (AvgIpc) is 2.35. The normalized spacial score (nSPS) is 30.3. The van der Waals surface area contributed by atoms with Crippen LogP contribution in [-0.4, -0.2) is 19.1 Å². The van der Waals surface area contributed by atoms with Gasteiger partial charge in [-0.05, 0) is 68.2 Å². The van der Waals surface area contributed by atoms with Gasteiger partial charge in [0.25, 0.3) is 0 Å². The van der Waals surface area contributed by atoms with E-state index in [-0.39, 0.29) is 5.54 Å². The Labute approximate surface area is 124 Å². The molecule has 0 heterocycles. The lowest BCUT2D eigenvalue weighted by Crippen LogP contribution is -2.56. The van der Waals surface area contributed by atoms with Crippen LogP contribution in [0.25, 0.3) is 0 Å². The van der Waals surface area contributed by atoms with Crippen molar-refractivity contribution in [2.45, 2.75) is 52.5 Å². The second kappa shape index (κ2) is 5.77. The third-order valence-electron chi connectivity index (χ3n) is 4.95. The van der Waals surface area contributed by atoms with E-state index in [1.165, 1.54) is 36.1 Å². The van der Waals surface area contributed by atoms with Crippen molar-refractivity contribution < 1.29 is 0 Å². The van der Waals surface area contributed by atoms with Crippen LogP contribution < -0.4 is 10.6 Å². The van der Waals surface area contributed by atoms with Gasteiger partial charge in [0.1, 0.15) is 0 Å². The van der Waals surface area contributed by atoms with Crippen molar-refractivity contribution in [2.24, 2.45) is 17.6 Å². The summed E-state index contributed by atoms with van der Waals surface area (Å²) in [4.78, 5) is 2.46. The van der Waals surface area contributed by atoms with E-state index in [9.17, 15) is 0 Å². The van der Waals surface area contributed by atoms with Gasteiger partial charge in [-0.25, -0.2) is 0 Å². The molecule has 1 aliphatic carbocycles. The topological polar surface area (TPSA) is 29.3 Å². The highest BCUT2D eigenvalue weighted by atomic mass is 15.2. The molecule has 0 amide bonds. The van der Waals surface area contributed by atoms with Crippen LogP contribution in [0.5, 0.6) is 0 Å². The average molecular weight is 274 g/mol. The Kier molecular flexibility index (Phi) is 4.43. The van der Waals surface area contributed by atoms with E-state index >= 15 is 0 Å². The van der Waals surface area contributed by atoms with E-state index in [0.717, 1.165) is 18.4 Å². The molecular weight excluding hydrogens is 244 g/mol. The molecule has 112 valence electrons. The molecule has 20 heavy (non-hydrogen) atoms. The van der Waals surface area contributed by atoms with Crippen molar-refractivity contribution in [3.63, 3.8) is 0 Å². The van der Waals surface area contributed by atoms with Gasteiger partial charge < -0.3 is 10.6 Å². The Balaban J connectivity index is 2.34. The Morgan fingerprint density at radius 1 is 1.10 bits per heavy atom. The highest BCUT2D eigenvalue weighted by Crippen LogP contribution is 2.40. The predicted octanol–water partition coefficient (Wildman–Crippen LogP) is 3.89. The lowest BCUT2D eigenvalue weighted by Gasteiger charge is -2.49. The first-order chi connectivity index (χ1) is 9.36. The van der Waals surface area contributed by atoms with Crippen LogP contribution in [0.3, 0.4) is 0 Å². The molecule has 1 aromatic rings. The number of hydrogen-bond acceptors (Lipinski definition) is 2. The molecule has 0 aromatic heterocycles. The summed E-state index contributed by atoms with van der Waals surface area (Å²) in [6.07, 6.45) is 3.75. The lowest BCUT2D eigenvalue weighted by molar-refractivity contribution is 0.182. The maximum Gasteiger partial charge on any atom is 0.0526 e. The summed E-state index contributed by atoms with van der Waals surface area (Å²) in [5, 5.41) is 0. The van der Waals surface area contributed by atoms with Crippen LogP contribution in [-0.2, 0) is 0 Å². The first kappa shape index (κ1) is 15.4. The molecule has 0 radical (unpaired) electrons. The van der Waals surface area contributed by atoms with Crippen molar-refractivity contribution in [1.82, 2.24) is 0 Å². The van der Waals surface area contributed by atoms with E-state index < -0.39 is 0 Å². The highest BCUT2D eigenvalue weighted by molar-refractivity contribution is 5.52. The Hall–Kier alpha value is -1.02. The SMILES string of the molecule is Cc1cc(C)cc(N(C)C2(CN)CC(C)CC(C)C2)c1. The summed E-state index contributed by atoms with van der Waals surface area (Å²) >= 11 is 0. The van der Waals surface area contributed by atoms with Crippen LogP contribution in [0.1, 0.15) is 44.2 Å². The maximum absolute atomic E-state index is 6.24. The molecule has 2 heteroatoms. The smallest absolute Gasteiger partial charge is 0.0526 e. The molecule has 2 N–H and O–H groups in total. The van der Waals surface area contributed by atoms with Crippen molar-refractivity contribution in [1.29, 1.82) is 0 Å². The van der Waals surface area contributed by atoms with E-state index in [2.05, 4.69) is 57.8 Å². The summed E-state index contributed by atoms with van der Waals surface area (Å²) in [5.74, 6) is 1.52. The minimum absolute atomic E-state index is 0.122. The fourth-order valence-corrected chi connectivity index (χ4v) is 4.23. The number of benzene rings is 1. The van der Waals surface area contributed by atoms with Crippen LogP contribution in [0, 0.1) is 25.7 Å². The fourth-order valence-electron chi connectivity index (χ4n) is 4.23. The first-order valence-electron chi connectivity index (χ1n) is 7.88. The van der Waals surface area contributed by atoms with Gasteiger partial charge >= 0.3 is 0 Å². The third kappa shape index (κ3) is 3.01. The molecule has 0 spiro atoms. The summed E-state index contributed by atoms with van der Waals surface area (Å²) in [6.45, 7) is 9.83. The summed E-state index contributed by atoms with van der Waals surface area (Å²) in [6, 6.07) is 6.81. The molecule has 0 aliphatic heterocycles. The zero-order valence-corrected chi connectivity index (χ0v) is 13.7. The highest BCUT2D eigenvalue weighted by Gasteiger charge is 2.40. The number of aryl methyl sites for hydroxylation is 2. The van der Waals surface area contributed by atoms with Crippen LogP contribution >= 0.6 is 0 Å². The Morgan fingerprint density at radius 2 is 1.60 bits per heavy atom. The van der Waals surface area contributed by atoms with Gasteiger partial charge in [0.15, 0.2) is 0 Å². The van der Waals surface area contributed by atoms with Gasteiger partial charge in [-0.2, -0.15) is 0 Å². The largest absolute Gasteiger partial charge is 0.368 e. The summed E-state index contributed by atoms with van der Waals surface area (Å²) in [7, 11) is 2.23. The van der Waals surface area contributed by atoms with Crippen molar-refractivity contribution in [3.8, 4) is 0 Å². The molecule has 1 aliphatic rings. The number of anilines is 1. The molecule has 0 bridgehead atoms. The number of rotatable bonds is 3. The Bertz CT molecular complexity index is 436. The zero-order valence-electron chi connectivity index (χ0n) is 13.7. The number of likely N-dealkylation sites (N-methyl/N-ethyl adjacent to an activating group) is 1. The molecule has 1 fully saturated rings. The molecule has 2 nitrogen and oxygen atoms in total. The second-order valence-corrected chi connectivity index (χ2v) is 7.19. The zero-order chi connectivity index (χ0) is 14.9. The Morgan fingerprint density at radius 3 is 2.05 bits per heavy atom. The molecular formula is C18H30N2. The second-order valence-electron chi connectivity index (χ2n) is 7.19. The van der Waals surface area contributed by atoms with Gasteiger partial charge in [0, 0.05) is 19.3 Å². The summed E-state index contributed by atoms with van der Waals surface area (Å²) in [5.41, 5.74) is 10.3. The minimum atomic E-state index is 0.122. The standard InChI is InChI=1S/C18H30N2/c1-13-6-14(2)9-17(8-13)20(5)18(12-19)10-15(3)7-16(4)11-18/h6,8-9,15-16H,7,10-12,19H2,1-5H3. The monoisotopic (exact) mass is 274 g/mol. The molecule has 1 saturated carbocycles. The van der Waals surface area contributed by atoms with Gasteiger partial charge in [-0.1, -0.05) is 19.9 Å². The van der Waals surface area contributed by atoms with Crippen molar-refractivity contribution >= 4 is 5.69 Å². The first-order valence-corrected chi connectivity index (χ1v) is 7.88. The number of nitrogens with two attached hydrogens (primary N) is 1. The van der Waals surface area contributed by atoms with Crippen LogP contribution in [0.15, 0.2) is 18.2 Å². The summed E-state index contributed by atoms with van der Waals surface area (Å²) < 4.78 is 0. The lowest BCUT2D eigenvalue weighted by atomic mass is 9.70. The van der Waals surface area contributed by atoms with Crippen molar-refractivity contribution in [2.75, 3.05) is 18.5 Å². The van der Waals surface area contributed by atoms with Gasteiger partial charge in [-0.15, -0.1) is 0 Å². The molecule has 0 saturated heterocycles. The number of nitrogens with zero attached hydrogens (tertiary/aromatic N) is 1. The molecule has 2 rings (SSSR count). The predicted molar refractivity (Wildman–Crippen MR) is 88.3 cm³/mol. The fraction of sp³-hybridized carbons (Fsp3) is 0.667. The van der Waals surface area contributed by atoms with Gasteiger partial charge in [0.2, 0.25) is 0 Å². The molecule has 1 aromatic carbocycles. The molecule has 2 atom stereocenters. The van der Waals surface area contributed by atoms with E-state index in [1.807, 2.05) is 0 Å². The van der Waals surface area contributed by atoms with Gasteiger partial charge in [-0.3, -0.25) is 0 Å². The van der Waals surface area contributed by atoms with Crippen LogP contribution in [0.2, 0.25) is 0 Å². The minimum Gasteiger partial charge on any atom is -0.368 e. The van der Waals surface area contributed by atoms with E-state index in [1.54, 1.807) is 0 Å². The quantitative estimate of drug-likeness (QED) is 0.906. The van der Waals surface area contributed by atoms with E-state index in [4.69, 9.17) is 5.73 Å². The molecule has 2 unspecified atom stereocenters. The third-order valence-corrected chi connectivity index (χ3v) is 4.95.